The molecule has 2 atom stereocenters. The van der Waals surface area contributed by atoms with Gasteiger partial charge in [0.15, 0.2) is 11.6 Å². The summed E-state index contributed by atoms with van der Waals surface area (Å²) in [4.78, 5) is 15.3. The monoisotopic (exact) mass is 685 g/mol. The van der Waals surface area contributed by atoms with Gasteiger partial charge in [-0.1, -0.05) is 140 Å². The molecule has 2 aliphatic carbocycles. The Morgan fingerprint density at radius 3 is 2.26 bits per heavy atom. The van der Waals surface area contributed by atoms with Crippen LogP contribution >= 0.6 is 0 Å². The molecule has 0 N–H and O–H groups in total. The summed E-state index contributed by atoms with van der Waals surface area (Å²) >= 11 is 0. The van der Waals surface area contributed by atoms with Crippen LogP contribution < -0.4 is 0 Å². The van der Waals surface area contributed by atoms with E-state index in [4.69, 9.17) is 23.8 Å². The molecular weight excluding hydrogens is 651 g/mol. The van der Waals surface area contributed by atoms with Crippen LogP contribution in [0.25, 0.3) is 71.8 Å². The van der Waals surface area contributed by atoms with Crippen LogP contribution in [-0.2, 0) is 12.8 Å². The third kappa shape index (κ3) is 5.44. The molecule has 3 aromatic heterocycles. The molecule has 0 spiro atoms. The number of furan rings is 2. The third-order valence-corrected chi connectivity index (χ3v) is 10.6. The van der Waals surface area contributed by atoms with Crippen molar-refractivity contribution >= 4 is 49.3 Å². The van der Waals surface area contributed by atoms with Gasteiger partial charge >= 0.3 is 0 Å². The first-order valence-corrected chi connectivity index (χ1v) is 18.2. The Balaban J connectivity index is 1.14. The fourth-order valence-corrected chi connectivity index (χ4v) is 8.00. The smallest absolute Gasteiger partial charge is 0.163 e. The molecular formula is C48H35N3O2. The van der Waals surface area contributed by atoms with E-state index in [1.165, 1.54) is 0 Å². The van der Waals surface area contributed by atoms with Crippen LogP contribution in [0.1, 0.15) is 29.4 Å². The van der Waals surface area contributed by atoms with E-state index in [1.807, 2.05) is 36.4 Å². The summed E-state index contributed by atoms with van der Waals surface area (Å²) in [6, 6.07) is 35.6. The summed E-state index contributed by atoms with van der Waals surface area (Å²) < 4.78 is 13.4. The van der Waals surface area contributed by atoms with E-state index in [0.717, 1.165) is 90.1 Å². The Kier molecular flexibility index (Phi) is 7.57. The van der Waals surface area contributed by atoms with Crippen LogP contribution in [0.2, 0.25) is 0 Å². The molecule has 0 bridgehead atoms. The van der Waals surface area contributed by atoms with E-state index < -0.39 is 0 Å². The molecule has 0 fully saturated rings. The first-order valence-electron chi connectivity index (χ1n) is 18.2. The largest absolute Gasteiger partial charge is 0.460 e. The lowest BCUT2D eigenvalue weighted by atomic mass is 9.83. The highest BCUT2D eigenvalue weighted by Crippen LogP contribution is 2.43. The summed E-state index contributed by atoms with van der Waals surface area (Å²) in [5.41, 5.74) is 7.73. The van der Waals surface area contributed by atoms with Crippen LogP contribution in [0.5, 0.6) is 0 Å². The predicted molar refractivity (Wildman–Crippen MR) is 215 cm³/mol. The van der Waals surface area contributed by atoms with E-state index in [2.05, 4.69) is 122 Å². The second kappa shape index (κ2) is 12.9. The zero-order valence-corrected chi connectivity index (χ0v) is 29.1. The van der Waals surface area contributed by atoms with Gasteiger partial charge in [0.2, 0.25) is 0 Å². The summed E-state index contributed by atoms with van der Waals surface area (Å²) in [6.45, 7) is 4.02. The van der Waals surface area contributed by atoms with Gasteiger partial charge in [0.1, 0.15) is 28.3 Å². The van der Waals surface area contributed by atoms with Gasteiger partial charge in [-0.3, -0.25) is 0 Å². The fourth-order valence-electron chi connectivity index (χ4n) is 8.00. The molecule has 5 heteroatoms. The average Bonchev–Trinajstić information content (AvgIpc) is 3.77. The molecule has 0 amide bonds. The van der Waals surface area contributed by atoms with Gasteiger partial charge < -0.3 is 8.83 Å². The first kappa shape index (κ1) is 31.2. The maximum atomic E-state index is 6.91. The number of rotatable bonds is 8. The lowest BCUT2D eigenvalue weighted by molar-refractivity contribution is 0.544. The highest BCUT2D eigenvalue weighted by molar-refractivity contribution is 6.22. The van der Waals surface area contributed by atoms with Crippen molar-refractivity contribution in [3.05, 3.63) is 181 Å². The van der Waals surface area contributed by atoms with Crippen molar-refractivity contribution in [2.24, 2.45) is 11.8 Å². The molecule has 53 heavy (non-hydrogen) atoms. The highest BCUT2D eigenvalue weighted by atomic mass is 16.3. The van der Waals surface area contributed by atoms with Gasteiger partial charge in [0.05, 0.1) is 0 Å². The molecule has 5 nitrogen and oxygen atoms in total. The van der Waals surface area contributed by atoms with E-state index in [0.29, 0.717) is 29.8 Å². The molecule has 0 aliphatic heterocycles. The van der Waals surface area contributed by atoms with Gasteiger partial charge in [-0.15, -0.1) is 6.58 Å². The third-order valence-electron chi connectivity index (χ3n) is 10.6. The fraction of sp³-hybridized carbons (Fsp3) is 0.104. The maximum Gasteiger partial charge on any atom is 0.163 e. The van der Waals surface area contributed by atoms with Crippen LogP contribution in [0.3, 0.4) is 0 Å². The number of benzene rings is 5. The van der Waals surface area contributed by atoms with Crippen molar-refractivity contribution in [1.82, 2.24) is 15.0 Å². The number of fused-ring (bicyclic) bond motifs is 7. The van der Waals surface area contributed by atoms with Crippen molar-refractivity contribution in [3.8, 4) is 22.5 Å². The molecule has 0 saturated heterocycles. The zero-order valence-electron chi connectivity index (χ0n) is 29.1. The Morgan fingerprint density at radius 2 is 1.40 bits per heavy atom. The normalized spacial score (nSPS) is 16.5. The summed E-state index contributed by atoms with van der Waals surface area (Å²) in [5, 5.41) is 5.61. The second-order valence-corrected chi connectivity index (χ2v) is 13.8. The molecule has 10 rings (SSSR count). The summed E-state index contributed by atoms with van der Waals surface area (Å²) in [5.74, 6) is 3.58. The Labute approximate surface area is 307 Å². The van der Waals surface area contributed by atoms with Crippen LogP contribution in [-0.4, -0.2) is 15.0 Å². The van der Waals surface area contributed by atoms with Gasteiger partial charge in [0.25, 0.3) is 0 Å². The number of aryl methyl sites for hydroxylation is 1. The van der Waals surface area contributed by atoms with E-state index >= 15 is 0 Å². The number of para-hydroxylation sites is 2. The van der Waals surface area contributed by atoms with Crippen LogP contribution in [0.4, 0.5) is 0 Å². The van der Waals surface area contributed by atoms with Crippen LogP contribution in [0.15, 0.2) is 167 Å². The number of aromatic nitrogens is 3. The van der Waals surface area contributed by atoms with Crippen molar-refractivity contribution in [2.45, 2.75) is 19.3 Å². The average molecular weight is 686 g/mol. The lowest BCUT2D eigenvalue weighted by Gasteiger charge is -2.22. The Hall–Kier alpha value is -6.59. The summed E-state index contributed by atoms with van der Waals surface area (Å²) in [6.07, 6.45) is 19.3. The minimum atomic E-state index is 0.275. The minimum Gasteiger partial charge on any atom is -0.460 e. The van der Waals surface area contributed by atoms with Crippen molar-refractivity contribution in [3.63, 3.8) is 0 Å². The van der Waals surface area contributed by atoms with Gasteiger partial charge in [-0.05, 0) is 34.9 Å². The molecule has 2 unspecified atom stereocenters. The molecule has 3 heterocycles. The molecule has 8 aromatic rings. The Bertz CT molecular complexity index is 2850. The molecule has 2 aliphatic rings. The SMILES string of the molecule is C=CCCc1oc2c(-c3cc4oc5ccccc5c4c4ccccc34)cccc2c1Cc1nc(C2=CC3C=CC=CC3C=C2)nc(-c2ccccc2)n1. The van der Waals surface area contributed by atoms with E-state index in [9.17, 15) is 0 Å². The highest BCUT2D eigenvalue weighted by Gasteiger charge is 2.24. The quantitative estimate of drug-likeness (QED) is 0.149. The van der Waals surface area contributed by atoms with Gasteiger partial charge in [-0.25, -0.2) is 15.0 Å². The lowest BCUT2D eigenvalue weighted by Crippen LogP contribution is -2.13. The number of hydrogen-bond acceptors (Lipinski definition) is 5. The zero-order chi connectivity index (χ0) is 35.3. The van der Waals surface area contributed by atoms with Crippen molar-refractivity contribution in [2.75, 3.05) is 0 Å². The summed E-state index contributed by atoms with van der Waals surface area (Å²) in [7, 11) is 0. The molecule has 0 radical (unpaired) electrons. The van der Waals surface area contributed by atoms with Crippen LogP contribution in [0, 0.1) is 11.8 Å². The molecule has 254 valence electrons. The van der Waals surface area contributed by atoms with E-state index in [1.54, 1.807) is 0 Å². The van der Waals surface area contributed by atoms with E-state index in [-0.39, 0.29) is 5.92 Å². The second-order valence-electron chi connectivity index (χ2n) is 13.8. The number of hydrogen-bond donors (Lipinski definition) is 0. The van der Waals surface area contributed by atoms with Crippen molar-refractivity contribution < 1.29 is 8.83 Å². The maximum absolute atomic E-state index is 6.91. The standard InChI is InChI=1S/C48H35N3O2/c1-2-3-23-42-40(29-44-49-47(31-15-5-4-6-16-31)51-48(50-44)33-26-25-30-14-7-8-17-32(30)27-33)37-22-13-21-36(46(37)53-42)39-28-43-45(35-19-10-9-18-34(35)39)38-20-11-12-24-41(38)52-43/h2,4-22,24-28,30,32H,1,3,23,29H2. The Morgan fingerprint density at radius 1 is 0.642 bits per heavy atom. The minimum absolute atomic E-state index is 0.275. The van der Waals surface area contributed by atoms with Gasteiger partial charge in [0, 0.05) is 63.1 Å². The topological polar surface area (TPSA) is 65.0 Å². The number of nitrogens with zero attached hydrogens (tertiary/aromatic N) is 3. The molecule has 5 aromatic carbocycles. The van der Waals surface area contributed by atoms with Gasteiger partial charge in [-0.2, -0.15) is 0 Å². The number of allylic oxidation sites excluding steroid dienone is 9. The molecule has 0 saturated carbocycles. The predicted octanol–water partition coefficient (Wildman–Crippen LogP) is 12.0. The van der Waals surface area contributed by atoms with Crippen molar-refractivity contribution in [1.29, 1.82) is 0 Å². The first-order chi connectivity index (χ1) is 26.2.